The molecular formula is C25H18ClFN4O4S. The molecule has 0 amide bonds. The lowest BCUT2D eigenvalue weighted by molar-refractivity contribution is 0.416. The Morgan fingerprint density at radius 1 is 1.03 bits per heavy atom. The highest BCUT2D eigenvalue weighted by Crippen LogP contribution is 2.39. The van der Waals surface area contributed by atoms with Gasteiger partial charge in [-0.15, -0.1) is 0 Å². The average Bonchev–Trinajstić information content (AvgIpc) is 3.37. The van der Waals surface area contributed by atoms with Gasteiger partial charge in [-0.3, -0.25) is 4.72 Å². The third-order valence-corrected chi connectivity index (χ3v) is 7.29. The number of halogens is 2. The quantitative estimate of drug-likeness (QED) is 0.296. The van der Waals surface area contributed by atoms with Crippen LogP contribution in [0.1, 0.15) is 5.56 Å². The van der Waals surface area contributed by atoms with E-state index < -0.39 is 15.8 Å². The standard InChI is InChI=1S/C25H18ClFN4O4S/c1-14-9-19(23(34-2)12-18(14)15-3-6-20(26)21(27)10-15)25-17-5-4-16(11-22(17)28-13-29-25)36(32,33)31-24-7-8-35-30-24/h3-13H,1-2H3,(H,30,31). The van der Waals surface area contributed by atoms with E-state index in [9.17, 15) is 12.8 Å². The summed E-state index contributed by atoms with van der Waals surface area (Å²) in [6.45, 7) is 1.90. The summed E-state index contributed by atoms with van der Waals surface area (Å²) in [7, 11) is -2.38. The normalized spacial score (nSPS) is 11.6. The van der Waals surface area contributed by atoms with Crippen LogP contribution in [0.15, 0.2) is 76.6 Å². The summed E-state index contributed by atoms with van der Waals surface area (Å²) in [6, 6.07) is 14.3. The average molecular weight is 525 g/mol. The number of anilines is 1. The second kappa shape index (κ2) is 9.21. The highest BCUT2D eigenvalue weighted by Gasteiger charge is 2.20. The zero-order valence-electron chi connectivity index (χ0n) is 19.0. The van der Waals surface area contributed by atoms with Gasteiger partial charge in [-0.25, -0.2) is 22.8 Å². The first-order chi connectivity index (χ1) is 17.3. The van der Waals surface area contributed by atoms with Gasteiger partial charge >= 0.3 is 0 Å². The minimum absolute atomic E-state index is 0.00547. The Bertz CT molecular complexity index is 1710. The largest absolute Gasteiger partial charge is 0.496 e. The Kier molecular flexibility index (Phi) is 6.07. The monoisotopic (exact) mass is 524 g/mol. The van der Waals surface area contributed by atoms with Gasteiger partial charge in [0, 0.05) is 17.0 Å². The number of benzene rings is 3. The summed E-state index contributed by atoms with van der Waals surface area (Å²) in [5.74, 6) is 0.0666. The van der Waals surface area contributed by atoms with Crippen molar-refractivity contribution in [3.8, 4) is 28.1 Å². The molecule has 0 radical (unpaired) electrons. The Hall–Kier alpha value is -4.02. The van der Waals surface area contributed by atoms with E-state index in [1.807, 2.05) is 19.1 Å². The molecule has 0 saturated carbocycles. The van der Waals surface area contributed by atoms with Crippen molar-refractivity contribution in [1.29, 1.82) is 0 Å². The van der Waals surface area contributed by atoms with Crippen LogP contribution in [0.3, 0.4) is 0 Å². The van der Waals surface area contributed by atoms with Crippen LogP contribution in [-0.4, -0.2) is 30.7 Å². The van der Waals surface area contributed by atoms with Crippen molar-refractivity contribution < 1.29 is 22.1 Å². The van der Waals surface area contributed by atoms with E-state index in [-0.39, 0.29) is 15.7 Å². The van der Waals surface area contributed by atoms with Gasteiger partial charge < -0.3 is 9.26 Å². The molecule has 0 aliphatic carbocycles. The molecule has 2 aromatic heterocycles. The van der Waals surface area contributed by atoms with Crippen LogP contribution in [-0.2, 0) is 10.0 Å². The van der Waals surface area contributed by atoms with Gasteiger partial charge in [0.1, 0.15) is 24.2 Å². The number of nitrogens with one attached hydrogen (secondary N) is 1. The van der Waals surface area contributed by atoms with Gasteiger partial charge in [0.2, 0.25) is 0 Å². The summed E-state index contributed by atoms with van der Waals surface area (Å²) in [5, 5.41) is 4.25. The van der Waals surface area contributed by atoms with Crippen molar-refractivity contribution in [2.24, 2.45) is 0 Å². The second-order valence-electron chi connectivity index (χ2n) is 7.89. The fraction of sp³-hybridized carbons (Fsp3) is 0.0800. The van der Waals surface area contributed by atoms with Crippen LogP contribution >= 0.6 is 11.6 Å². The van der Waals surface area contributed by atoms with Gasteiger partial charge in [0.15, 0.2) is 5.82 Å². The maximum absolute atomic E-state index is 14.1. The number of fused-ring (bicyclic) bond motifs is 1. The second-order valence-corrected chi connectivity index (χ2v) is 9.98. The summed E-state index contributed by atoms with van der Waals surface area (Å²) >= 11 is 5.84. The van der Waals surface area contributed by atoms with Crippen LogP contribution in [0.2, 0.25) is 5.02 Å². The summed E-state index contributed by atoms with van der Waals surface area (Å²) in [6.07, 6.45) is 2.62. The third kappa shape index (κ3) is 4.36. The molecule has 0 aliphatic rings. The molecule has 3 aromatic carbocycles. The number of ether oxygens (including phenoxy) is 1. The van der Waals surface area contributed by atoms with Gasteiger partial charge in [-0.2, -0.15) is 0 Å². The lowest BCUT2D eigenvalue weighted by Gasteiger charge is -2.15. The molecule has 182 valence electrons. The van der Waals surface area contributed by atoms with Gasteiger partial charge in [-0.05, 0) is 66.1 Å². The fourth-order valence-corrected chi connectivity index (χ4v) is 5.03. The van der Waals surface area contributed by atoms with E-state index in [4.69, 9.17) is 16.3 Å². The molecule has 36 heavy (non-hydrogen) atoms. The SMILES string of the molecule is COc1cc(-c2ccc(Cl)c(F)c2)c(C)cc1-c1ncnc2cc(S(=O)(=O)Nc3ccon3)ccc12. The number of rotatable bonds is 6. The number of aryl methyl sites for hydroxylation is 1. The number of sulfonamides is 1. The number of nitrogens with zero attached hydrogens (tertiary/aromatic N) is 3. The van der Waals surface area contributed by atoms with Gasteiger partial charge in [0.05, 0.1) is 28.2 Å². The molecule has 0 unspecified atom stereocenters. The zero-order chi connectivity index (χ0) is 25.4. The highest BCUT2D eigenvalue weighted by atomic mass is 35.5. The fourth-order valence-electron chi connectivity index (χ4n) is 3.90. The van der Waals surface area contributed by atoms with Crippen LogP contribution in [0, 0.1) is 12.7 Å². The Morgan fingerprint density at radius 3 is 2.58 bits per heavy atom. The molecule has 0 saturated heterocycles. The molecule has 0 spiro atoms. The first kappa shape index (κ1) is 23.7. The zero-order valence-corrected chi connectivity index (χ0v) is 20.6. The summed E-state index contributed by atoms with van der Waals surface area (Å²) in [4.78, 5) is 8.72. The van der Waals surface area contributed by atoms with Crippen LogP contribution < -0.4 is 9.46 Å². The smallest absolute Gasteiger partial charge is 0.263 e. The predicted molar refractivity (Wildman–Crippen MR) is 134 cm³/mol. The lowest BCUT2D eigenvalue weighted by atomic mass is 9.95. The molecule has 11 heteroatoms. The Labute approximate surface area is 210 Å². The Balaban J connectivity index is 1.60. The molecule has 5 rings (SSSR count). The maximum Gasteiger partial charge on any atom is 0.263 e. The molecule has 0 aliphatic heterocycles. The molecule has 8 nitrogen and oxygen atoms in total. The third-order valence-electron chi connectivity index (χ3n) is 5.63. The molecule has 0 bridgehead atoms. The molecule has 0 fully saturated rings. The van der Waals surface area contributed by atoms with E-state index in [0.29, 0.717) is 33.5 Å². The van der Waals surface area contributed by atoms with Crippen molar-refractivity contribution in [2.75, 3.05) is 11.8 Å². The summed E-state index contributed by atoms with van der Waals surface area (Å²) in [5.41, 5.74) is 3.94. The number of hydrogen-bond acceptors (Lipinski definition) is 7. The van der Waals surface area contributed by atoms with Crippen molar-refractivity contribution >= 4 is 38.3 Å². The predicted octanol–water partition coefficient (Wildman–Crippen LogP) is 5.86. The van der Waals surface area contributed by atoms with Crippen LogP contribution in [0.4, 0.5) is 10.2 Å². The van der Waals surface area contributed by atoms with Gasteiger partial charge in [-0.1, -0.05) is 22.8 Å². The Morgan fingerprint density at radius 2 is 1.86 bits per heavy atom. The molecule has 1 N–H and O–H groups in total. The summed E-state index contributed by atoms with van der Waals surface area (Å²) < 4.78 is 52.3. The number of aromatic nitrogens is 3. The maximum atomic E-state index is 14.1. The van der Waals surface area contributed by atoms with Crippen molar-refractivity contribution in [3.63, 3.8) is 0 Å². The van der Waals surface area contributed by atoms with Crippen LogP contribution in [0.25, 0.3) is 33.3 Å². The van der Waals surface area contributed by atoms with E-state index in [0.717, 1.165) is 11.1 Å². The minimum Gasteiger partial charge on any atom is -0.496 e. The number of hydrogen-bond donors (Lipinski definition) is 1. The van der Waals surface area contributed by atoms with Crippen molar-refractivity contribution in [3.05, 3.63) is 83.6 Å². The molecule has 5 aromatic rings. The van der Waals surface area contributed by atoms with Gasteiger partial charge in [0.25, 0.3) is 10.0 Å². The van der Waals surface area contributed by atoms with E-state index in [1.54, 1.807) is 12.1 Å². The topological polar surface area (TPSA) is 107 Å². The minimum atomic E-state index is -3.91. The van der Waals surface area contributed by atoms with E-state index in [2.05, 4.69) is 24.4 Å². The highest BCUT2D eigenvalue weighted by molar-refractivity contribution is 7.92. The van der Waals surface area contributed by atoms with Crippen molar-refractivity contribution in [2.45, 2.75) is 11.8 Å². The molecule has 2 heterocycles. The first-order valence-corrected chi connectivity index (χ1v) is 12.5. The number of methoxy groups -OCH3 is 1. The first-order valence-electron chi connectivity index (χ1n) is 10.6. The lowest BCUT2D eigenvalue weighted by Crippen LogP contribution is -2.13. The van der Waals surface area contributed by atoms with Crippen molar-refractivity contribution in [1.82, 2.24) is 15.1 Å². The van der Waals surface area contributed by atoms with E-state index in [1.165, 1.54) is 50.0 Å². The van der Waals surface area contributed by atoms with E-state index >= 15 is 0 Å². The van der Waals surface area contributed by atoms with Crippen LogP contribution in [0.5, 0.6) is 5.75 Å². The molecule has 0 atom stereocenters. The molecular weight excluding hydrogens is 507 g/mol.